The maximum Gasteiger partial charge on any atom is 0.265 e. The first-order chi connectivity index (χ1) is 8.69. The Bertz CT molecular complexity index is 699. The van der Waals surface area contributed by atoms with Crippen LogP contribution in [0.4, 0.5) is 0 Å². The number of thiocarbonyl (C=S) groups is 1. The second-order valence-electron chi connectivity index (χ2n) is 4.93. The highest BCUT2D eigenvalue weighted by molar-refractivity contribution is 7.86. The van der Waals surface area contributed by atoms with Crippen molar-refractivity contribution in [3.63, 3.8) is 0 Å². The van der Waals surface area contributed by atoms with E-state index in [9.17, 15) is 8.42 Å². The van der Waals surface area contributed by atoms with Crippen LogP contribution in [-0.2, 0) is 10.1 Å². The van der Waals surface area contributed by atoms with Crippen LogP contribution in [0.2, 0.25) is 0 Å². The van der Waals surface area contributed by atoms with Crippen molar-refractivity contribution in [1.82, 2.24) is 4.98 Å². The molecule has 0 amide bonds. The lowest BCUT2D eigenvalue weighted by atomic mass is 9.92. The summed E-state index contributed by atoms with van der Waals surface area (Å²) in [5.41, 5.74) is 0.00377. The summed E-state index contributed by atoms with van der Waals surface area (Å²) in [7, 11) is -4.08. The van der Waals surface area contributed by atoms with Gasteiger partial charge in [0.05, 0.1) is 20.8 Å². The Morgan fingerprint density at radius 3 is 2.63 bits per heavy atom. The van der Waals surface area contributed by atoms with Crippen molar-refractivity contribution in [1.29, 1.82) is 0 Å². The fraction of sp³-hybridized carbons (Fsp3) is 0.333. The van der Waals surface area contributed by atoms with E-state index in [0.29, 0.717) is 9.87 Å². The van der Waals surface area contributed by atoms with E-state index in [1.54, 1.807) is 13.8 Å². The summed E-state index contributed by atoms with van der Waals surface area (Å²) in [6, 6.07) is 7.62. The van der Waals surface area contributed by atoms with Crippen LogP contribution in [0.1, 0.15) is 18.9 Å². The molecule has 0 radical (unpaired) electrons. The maximum atomic E-state index is 11.0. The molecular formula is C12H13NO3S3. The summed E-state index contributed by atoms with van der Waals surface area (Å²) in [6.07, 6.45) is 0. The molecule has 0 aliphatic carbocycles. The molecule has 0 aliphatic heterocycles. The first-order valence-electron chi connectivity index (χ1n) is 5.55. The van der Waals surface area contributed by atoms with Gasteiger partial charge in [-0.25, -0.2) is 4.98 Å². The highest BCUT2D eigenvalue weighted by atomic mass is 32.2. The number of rotatable bonds is 4. The van der Waals surface area contributed by atoms with Gasteiger partial charge in [-0.2, -0.15) is 8.42 Å². The van der Waals surface area contributed by atoms with E-state index >= 15 is 0 Å². The van der Waals surface area contributed by atoms with Gasteiger partial charge in [0, 0.05) is 5.41 Å². The molecule has 7 heteroatoms. The molecule has 0 aliphatic rings. The predicted molar refractivity (Wildman–Crippen MR) is 81.5 cm³/mol. The zero-order chi connectivity index (χ0) is 14.3. The molecule has 4 nitrogen and oxygen atoms in total. The van der Waals surface area contributed by atoms with Crippen molar-refractivity contribution in [2.24, 2.45) is 5.41 Å². The minimum absolute atomic E-state index is 0.408. The Hall–Kier alpha value is -0.890. The number of aromatic nitrogens is 1. The molecule has 2 rings (SSSR count). The Balaban J connectivity index is 2.38. The number of nitrogens with zero attached hydrogens (tertiary/aromatic N) is 1. The van der Waals surface area contributed by atoms with Gasteiger partial charge in [-0.05, 0) is 12.1 Å². The fourth-order valence-electron chi connectivity index (χ4n) is 1.78. The molecule has 1 heterocycles. The third-order valence-corrected chi connectivity index (χ3v) is 5.66. The van der Waals surface area contributed by atoms with E-state index in [2.05, 4.69) is 4.98 Å². The normalized spacial score (nSPS) is 12.8. The summed E-state index contributed by atoms with van der Waals surface area (Å²) in [5.74, 6) is -0.408. The average molecular weight is 315 g/mol. The lowest BCUT2D eigenvalue weighted by Gasteiger charge is -2.22. The van der Waals surface area contributed by atoms with Crippen LogP contribution < -0.4 is 0 Å². The minimum atomic E-state index is -4.08. The zero-order valence-electron chi connectivity index (χ0n) is 10.5. The molecule has 1 N–H and O–H groups in total. The van der Waals surface area contributed by atoms with Gasteiger partial charge in [0.1, 0.15) is 5.01 Å². The van der Waals surface area contributed by atoms with Crippen molar-refractivity contribution >= 4 is 48.8 Å². The second-order valence-corrected chi connectivity index (χ2v) is 7.82. The molecule has 0 bridgehead atoms. The fourth-order valence-corrected chi connectivity index (χ4v) is 4.26. The third-order valence-electron chi connectivity index (χ3n) is 2.65. The van der Waals surface area contributed by atoms with Crippen LogP contribution in [0, 0.1) is 5.41 Å². The molecular weight excluding hydrogens is 302 g/mol. The first-order valence-corrected chi connectivity index (χ1v) is 8.38. The van der Waals surface area contributed by atoms with E-state index in [0.717, 1.165) is 10.2 Å². The number of thiazole rings is 1. The Kier molecular flexibility index (Phi) is 3.74. The molecule has 2 aromatic rings. The Labute approximate surface area is 121 Å². The molecule has 0 unspecified atom stereocenters. The summed E-state index contributed by atoms with van der Waals surface area (Å²) in [4.78, 5) is 4.86. The van der Waals surface area contributed by atoms with Gasteiger partial charge in [0.25, 0.3) is 10.1 Å². The van der Waals surface area contributed by atoms with E-state index in [1.165, 1.54) is 11.3 Å². The standard InChI is InChI=1S/C12H13NO3S3/c1-12(2,7-19(14,15)16)10(17)11-13-8-5-3-4-6-9(8)18-11/h3-6H,7H2,1-2H3,(H,14,15,16). The van der Waals surface area contributed by atoms with Crippen molar-refractivity contribution in [3.8, 4) is 0 Å². The number of fused-ring (bicyclic) bond motifs is 1. The van der Waals surface area contributed by atoms with E-state index in [4.69, 9.17) is 16.8 Å². The summed E-state index contributed by atoms with van der Waals surface area (Å²) < 4.78 is 32.1. The van der Waals surface area contributed by atoms with Gasteiger partial charge in [0.2, 0.25) is 0 Å². The molecule has 1 aromatic carbocycles. The highest BCUT2D eigenvalue weighted by Crippen LogP contribution is 2.30. The smallest absolute Gasteiger partial charge is 0.265 e. The molecule has 0 saturated heterocycles. The van der Waals surface area contributed by atoms with Crippen molar-refractivity contribution < 1.29 is 13.0 Å². The topological polar surface area (TPSA) is 67.3 Å². The quantitative estimate of drug-likeness (QED) is 0.534. The van der Waals surface area contributed by atoms with Crippen LogP contribution in [0.5, 0.6) is 0 Å². The number of hydrogen-bond acceptors (Lipinski definition) is 5. The molecule has 1 aromatic heterocycles. The van der Waals surface area contributed by atoms with Gasteiger partial charge in [-0.1, -0.05) is 38.2 Å². The van der Waals surface area contributed by atoms with Crippen molar-refractivity contribution in [2.75, 3.05) is 5.75 Å². The summed E-state index contributed by atoms with van der Waals surface area (Å²) >= 11 is 6.77. The molecule has 0 spiro atoms. The van der Waals surface area contributed by atoms with Crippen LogP contribution in [-0.4, -0.2) is 28.6 Å². The van der Waals surface area contributed by atoms with Crippen molar-refractivity contribution in [3.05, 3.63) is 29.3 Å². The first kappa shape index (κ1) is 14.5. The number of para-hydroxylation sites is 1. The van der Waals surface area contributed by atoms with Gasteiger partial charge in [-0.15, -0.1) is 11.3 Å². The SMILES string of the molecule is CC(C)(CS(=O)(=O)O)C(=S)c1nc2ccccc2s1. The molecule has 102 valence electrons. The average Bonchev–Trinajstić information content (AvgIpc) is 2.67. The minimum Gasteiger partial charge on any atom is -0.286 e. The van der Waals surface area contributed by atoms with Crippen LogP contribution >= 0.6 is 23.6 Å². The molecule has 0 atom stereocenters. The molecule has 0 saturated carbocycles. The van der Waals surface area contributed by atoms with Crippen LogP contribution in [0.25, 0.3) is 10.2 Å². The summed E-state index contributed by atoms with van der Waals surface area (Å²) in [5, 5.41) is 0.629. The van der Waals surface area contributed by atoms with Gasteiger partial charge in [-0.3, -0.25) is 4.55 Å². The lowest BCUT2D eigenvalue weighted by molar-refractivity contribution is 0.461. The van der Waals surface area contributed by atoms with Crippen molar-refractivity contribution in [2.45, 2.75) is 13.8 Å². The maximum absolute atomic E-state index is 11.0. The van der Waals surface area contributed by atoms with Crippen LogP contribution in [0.15, 0.2) is 24.3 Å². The molecule has 19 heavy (non-hydrogen) atoms. The van der Waals surface area contributed by atoms with E-state index in [-0.39, 0.29) is 0 Å². The monoisotopic (exact) mass is 315 g/mol. The van der Waals surface area contributed by atoms with Crippen LogP contribution in [0.3, 0.4) is 0 Å². The number of benzene rings is 1. The Morgan fingerprint density at radius 1 is 1.42 bits per heavy atom. The molecule has 0 fully saturated rings. The van der Waals surface area contributed by atoms with E-state index < -0.39 is 21.3 Å². The lowest BCUT2D eigenvalue weighted by Crippen LogP contribution is -2.31. The third kappa shape index (κ3) is 3.36. The number of hydrogen-bond donors (Lipinski definition) is 1. The highest BCUT2D eigenvalue weighted by Gasteiger charge is 2.31. The van der Waals surface area contributed by atoms with E-state index in [1.807, 2.05) is 24.3 Å². The Morgan fingerprint density at radius 2 is 2.05 bits per heavy atom. The summed E-state index contributed by atoms with van der Waals surface area (Å²) in [6.45, 7) is 3.38. The van der Waals surface area contributed by atoms with Gasteiger partial charge >= 0.3 is 0 Å². The van der Waals surface area contributed by atoms with Gasteiger partial charge in [0.15, 0.2) is 0 Å². The second kappa shape index (κ2) is 4.90. The zero-order valence-corrected chi connectivity index (χ0v) is 12.9. The largest absolute Gasteiger partial charge is 0.286 e. The van der Waals surface area contributed by atoms with Gasteiger partial charge < -0.3 is 0 Å². The predicted octanol–water partition coefficient (Wildman–Crippen LogP) is 2.93.